The van der Waals surface area contributed by atoms with Gasteiger partial charge in [-0.05, 0) is 12.1 Å². The molecule has 2 aromatic heterocycles. The van der Waals surface area contributed by atoms with Crippen LogP contribution in [0.1, 0.15) is 0 Å². The van der Waals surface area contributed by atoms with Crippen LogP contribution in [0.3, 0.4) is 0 Å². The topological polar surface area (TPSA) is 97.8 Å². The van der Waals surface area contributed by atoms with E-state index < -0.39 is 0 Å². The maximum absolute atomic E-state index is 5.41. The Balaban J connectivity index is 2.20. The van der Waals surface area contributed by atoms with Gasteiger partial charge in [-0.15, -0.1) is 0 Å². The summed E-state index contributed by atoms with van der Waals surface area (Å²) in [6.45, 7) is 0. The third kappa shape index (κ3) is 2.01. The molecule has 0 saturated carbocycles. The van der Waals surface area contributed by atoms with Gasteiger partial charge in [-0.3, -0.25) is 9.99 Å². The van der Waals surface area contributed by atoms with E-state index in [0.717, 1.165) is 11.0 Å². The van der Waals surface area contributed by atoms with Crippen molar-refractivity contribution in [2.24, 2.45) is 5.84 Å². The largest absolute Gasteiger partial charge is 0.347 e. The molecule has 0 unspecified atom stereocenters. The van der Waals surface area contributed by atoms with E-state index >= 15 is 0 Å². The second-order valence-corrected chi connectivity index (χ2v) is 4.40. The predicted octanol–water partition coefficient (Wildman–Crippen LogP) is 0.562. The van der Waals surface area contributed by atoms with E-state index in [2.05, 4.69) is 25.4 Å². The van der Waals surface area contributed by atoms with E-state index in [1.54, 1.807) is 15.8 Å². The standard InChI is InChI=1S/C12H14N8/c1-19(2)11-15-10(18-13)16-12(17-11)20-7-14-8-5-3-4-6-9(8)20/h3-7H,13H2,1-2H3,(H,15,16,17,18). The molecule has 0 bridgehead atoms. The normalized spacial score (nSPS) is 10.8. The lowest BCUT2D eigenvalue weighted by Crippen LogP contribution is -2.19. The van der Waals surface area contributed by atoms with E-state index in [9.17, 15) is 0 Å². The Kier molecular flexibility index (Phi) is 2.92. The third-order valence-corrected chi connectivity index (χ3v) is 2.81. The average molecular weight is 270 g/mol. The number of hydrazine groups is 1. The molecule has 8 heteroatoms. The number of benzene rings is 1. The maximum atomic E-state index is 5.41. The number of para-hydroxylation sites is 2. The molecule has 0 aliphatic heterocycles. The SMILES string of the molecule is CN(C)c1nc(NN)nc(-n2cnc3ccccc32)n1. The summed E-state index contributed by atoms with van der Waals surface area (Å²) in [6.07, 6.45) is 1.68. The number of imidazole rings is 1. The van der Waals surface area contributed by atoms with Crippen LogP contribution in [0, 0.1) is 0 Å². The molecule has 0 amide bonds. The van der Waals surface area contributed by atoms with Gasteiger partial charge in [0.25, 0.3) is 0 Å². The Morgan fingerprint density at radius 1 is 1.15 bits per heavy atom. The molecule has 0 aliphatic carbocycles. The molecular formula is C12H14N8. The predicted molar refractivity (Wildman–Crippen MR) is 76.6 cm³/mol. The number of anilines is 2. The summed E-state index contributed by atoms with van der Waals surface area (Å²) in [7, 11) is 3.71. The lowest BCUT2D eigenvalue weighted by molar-refractivity contribution is 0.882. The Morgan fingerprint density at radius 2 is 1.95 bits per heavy atom. The Hall–Kier alpha value is -2.74. The highest BCUT2D eigenvalue weighted by molar-refractivity contribution is 5.76. The molecule has 102 valence electrons. The van der Waals surface area contributed by atoms with Crippen LogP contribution in [0.2, 0.25) is 0 Å². The molecule has 3 N–H and O–H groups in total. The van der Waals surface area contributed by atoms with Gasteiger partial charge in [0.2, 0.25) is 17.8 Å². The molecule has 1 aromatic carbocycles. The van der Waals surface area contributed by atoms with Crippen LogP contribution in [0.4, 0.5) is 11.9 Å². The van der Waals surface area contributed by atoms with Crippen LogP contribution in [-0.2, 0) is 0 Å². The molecule has 0 saturated heterocycles. The van der Waals surface area contributed by atoms with Crippen LogP contribution in [0.15, 0.2) is 30.6 Å². The first-order chi connectivity index (χ1) is 9.69. The summed E-state index contributed by atoms with van der Waals surface area (Å²) < 4.78 is 1.80. The quantitative estimate of drug-likeness (QED) is 0.530. The molecule has 3 rings (SSSR count). The van der Waals surface area contributed by atoms with Crippen molar-refractivity contribution in [2.45, 2.75) is 0 Å². The second kappa shape index (κ2) is 4.74. The molecular weight excluding hydrogens is 256 g/mol. The lowest BCUT2D eigenvalue weighted by atomic mass is 10.3. The summed E-state index contributed by atoms with van der Waals surface area (Å²) in [4.78, 5) is 18.9. The first kappa shape index (κ1) is 12.3. The van der Waals surface area contributed by atoms with Crippen molar-refractivity contribution >= 4 is 22.9 Å². The molecule has 2 heterocycles. The average Bonchev–Trinajstić information content (AvgIpc) is 2.90. The minimum Gasteiger partial charge on any atom is -0.347 e. The summed E-state index contributed by atoms with van der Waals surface area (Å²) >= 11 is 0. The smallest absolute Gasteiger partial charge is 0.243 e. The van der Waals surface area contributed by atoms with E-state index in [1.807, 2.05) is 38.4 Å². The van der Waals surface area contributed by atoms with Gasteiger partial charge in [0, 0.05) is 14.1 Å². The molecule has 0 atom stereocenters. The monoisotopic (exact) mass is 270 g/mol. The summed E-state index contributed by atoms with van der Waals surface area (Å²) in [5, 5.41) is 0. The first-order valence-electron chi connectivity index (χ1n) is 6.01. The van der Waals surface area contributed by atoms with Crippen LogP contribution >= 0.6 is 0 Å². The number of nitrogens with two attached hydrogens (primary N) is 1. The summed E-state index contributed by atoms with van der Waals surface area (Å²) in [5.41, 5.74) is 4.25. The minimum absolute atomic E-state index is 0.302. The maximum Gasteiger partial charge on any atom is 0.243 e. The fourth-order valence-corrected chi connectivity index (χ4v) is 1.84. The zero-order valence-corrected chi connectivity index (χ0v) is 11.1. The number of hydrogen-bond acceptors (Lipinski definition) is 7. The fraction of sp³-hybridized carbons (Fsp3) is 0.167. The molecule has 0 fully saturated rings. The number of nitrogens with one attached hydrogen (secondary N) is 1. The number of nitrogens with zero attached hydrogens (tertiary/aromatic N) is 6. The van der Waals surface area contributed by atoms with E-state index in [-0.39, 0.29) is 0 Å². The zero-order chi connectivity index (χ0) is 14.1. The minimum atomic E-state index is 0.302. The number of fused-ring (bicyclic) bond motifs is 1. The zero-order valence-electron chi connectivity index (χ0n) is 11.1. The molecule has 0 spiro atoms. The van der Waals surface area contributed by atoms with Crippen molar-refractivity contribution in [3.8, 4) is 5.95 Å². The van der Waals surface area contributed by atoms with Crippen LogP contribution < -0.4 is 16.2 Å². The molecule has 0 aliphatic rings. The lowest BCUT2D eigenvalue weighted by Gasteiger charge is -2.12. The third-order valence-electron chi connectivity index (χ3n) is 2.81. The van der Waals surface area contributed by atoms with E-state index in [1.165, 1.54) is 0 Å². The first-order valence-corrected chi connectivity index (χ1v) is 6.01. The van der Waals surface area contributed by atoms with Gasteiger partial charge < -0.3 is 4.90 Å². The van der Waals surface area contributed by atoms with Crippen LogP contribution in [0.5, 0.6) is 0 Å². The number of rotatable bonds is 3. The Labute approximate surface area is 115 Å². The van der Waals surface area contributed by atoms with Crippen LogP contribution in [0.25, 0.3) is 17.0 Å². The van der Waals surface area contributed by atoms with E-state index in [0.29, 0.717) is 17.8 Å². The molecule has 0 radical (unpaired) electrons. The van der Waals surface area contributed by atoms with Gasteiger partial charge in [0.15, 0.2) is 0 Å². The Bertz CT molecular complexity index is 748. The van der Waals surface area contributed by atoms with Gasteiger partial charge in [0.05, 0.1) is 11.0 Å². The molecule has 3 aromatic rings. The van der Waals surface area contributed by atoms with Crippen LogP contribution in [-0.4, -0.2) is 38.6 Å². The Morgan fingerprint density at radius 3 is 2.70 bits per heavy atom. The second-order valence-electron chi connectivity index (χ2n) is 4.40. The van der Waals surface area contributed by atoms with Crippen molar-refractivity contribution in [1.82, 2.24) is 24.5 Å². The highest BCUT2D eigenvalue weighted by Crippen LogP contribution is 2.17. The van der Waals surface area contributed by atoms with Gasteiger partial charge >= 0.3 is 0 Å². The van der Waals surface area contributed by atoms with Gasteiger partial charge in [-0.1, -0.05) is 12.1 Å². The number of nitrogen functional groups attached to an aromatic ring is 1. The fourth-order valence-electron chi connectivity index (χ4n) is 1.84. The summed E-state index contributed by atoms with van der Waals surface area (Å²) in [6, 6.07) is 7.76. The van der Waals surface area contributed by atoms with Crippen molar-refractivity contribution in [3.05, 3.63) is 30.6 Å². The van der Waals surface area contributed by atoms with Gasteiger partial charge in [-0.2, -0.15) is 15.0 Å². The van der Waals surface area contributed by atoms with E-state index in [4.69, 9.17) is 5.84 Å². The van der Waals surface area contributed by atoms with Crippen molar-refractivity contribution < 1.29 is 0 Å². The van der Waals surface area contributed by atoms with Crippen molar-refractivity contribution in [2.75, 3.05) is 24.4 Å². The van der Waals surface area contributed by atoms with Crippen molar-refractivity contribution in [1.29, 1.82) is 0 Å². The molecule has 20 heavy (non-hydrogen) atoms. The summed E-state index contributed by atoms with van der Waals surface area (Å²) in [5.74, 6) is 6.69. The number of aromatic nitrogens is 5. The van der Waals surface area contributed by atoms with Gasteiger partial charge in [-0.25, -0.2) is 10.8 Å². The highest BCUT2D eigenvalue weighted by atomic mass is 15.4. The molecule has 8 nitrogen and oxygen atoms in total. The number of hydrogen-bond donors (Lipinski definition) is 2. The highest BCUT2D eigenvalue weighted by Gasteiger charge is 2.11. The van der Waals surface area contributed by atoms with Gasteiger partial charge in [0.1, 0.15) is 6.33 Å². The van der Waals surface area contributed by atoms with Crippen molar-refractivity contribution in [3.63, 3.8) is 0 Å².